The van der Waals surface area contributed by atoms with E-state index in [0.29, 0.717) is 61.9 Å². The molecule has 1 aliphatic carbocycles. The van der Waals surface area contributed by atoms with Crippen LogP contribution in [0.3, 0.4) is 0 Å². The van der Waals surface area contributed by atoms with Crippen LogP contribution in [0, 0.1) is 28.1 Å². The van der Waals surface area contributed by atoms with Crippen molar-refractivity contribution in [2.45, 2.75) is 45.7 Å². The lowest BCUT2D eigenvalue weighted by atomic mass is 9.96. The van der Waals surface area contributed by atoms with E-state index in [9.17, 15) is 10.5 Å². The molecule has 0 spiro atoms. The van der Waals surface area contributed by atoms with E-state index in [4.69, 9.17) is 23.2 Å². The maximum atomic E-state index is 9.78. The first-order chi connectivity index (χ1) is 18.2. The Balaban J connectivity index is 1.62. The van der Waals surface area contributed by atoms with Crippen LogP contribution in [0.25, 0.3) is 10.9 Å². The molecular formula is C28H26Cl2N8. The van der Waals surface area contributed by atoms with E-state index in [0.717, 1.165) is 18.2 Å². The second-order valence-electron chi connectivity index (χ2n) is 10.7. The minimum absolute atomic E-state index is 0.0110. The molecule has 38 heavy (non-hydrogen) atoms. The molecule has 0 bridgehead atoms. The van der Waals surface area contributed by atoms with Crippen LogP contribution in [0.1, 0.15) is 68.1 Å². The van der Waals surface area contributed by atoms with Gasteiger partial charge in [0.05, 0.1) is 50.7 Å². The number of nitrogens with one attached hydrogen (secondary N) is 2. The van der Waals surface area contributed by atoms with E-state index in [1.807, 2.05) is 23.0 Å². The van der Waals surface area contributed by atoms with Gasteiger partial charge in [-0.05, 0) is 36.5 Å². The van der Waals surface area contributed by atoms with Crippen molar-refractivity contribution in [1.29, 1.82) is 10.5 Å². The summed E-state index contributed by atoms with van der Waals surface area (Å²) in [6, 6.07) is 13.3. The minimum Gasteiger partial charge on any atom is -0.383 e. The molecule has 5 rings (SSSR count). The number of benzene rings is 2. The van der Waals surface area contributed by atoms with Crippen molar-refractivity contribution in [3.8, 4) is 12.1 Å². The van der Waals surface area contributed by atoms with Gasteiger partial charge in [0.1, 0.15) is 17.8 Å². The van der Waals surface area contributed by atoms with Gasteiger partial charge >= 0.3 is 0 Å². The molecule has 2 aromatic heterocycles. The summed E-state index contributed by atoms with van der Waals surface area (Å²) in [4.78, 5) is 4.45. The standard InChI is InChI=1S/C28H26Cl2N8/c1-28(2,3)15-34-25-17(12-32)13-33-26-21(25)9-18(10-22(26)29)35-27(20-6-4-5-16(11-31)24(20)30)23-14-38(37-36-23)19-7-8-19/h4-6,9-10,13-14,19,27,35H,7-8,15H2,1-3H3,(H,33,34). The number of nitrogens with zero attached hydrogens (tertiary/aromatic N) is 6. The van der Waals surface area contributed by atoms with Gasteiger partial charge in [-0.25, -0.2) is 4.68 Å². The first-order valence-corrected chi connectivity index (χ1v) is 13.1. The number of hydrogen-bond donors (Lipinski definition) is 2. The third-order valence-electron chi connectivity index (χ3n) is 6.36. The van der Waals surface area contributed by atoms with Crippen LogP contribution >= 0.6 is 23.2 Å². The normalized spacial score (nSPS) is 14.1. The van der Waals surface area contributed by atoms with Crippen molar-refractivity contribution in [3.05, 3.63) is 75.2 Å². The van der Waals surface area contributed by atoms with E-state index in [2.05, 4.69) is 58.8 Å². The number of anilines is 2. The molecular weight excluding hydrogens is 519 g/mol. The number of fused-ring (bicyclic) bond motifs is 1. The fourth-order valence-corrected chi connectivity index (χ4v) is 4.79. The van der Waals surface area contributed by atoms with Gasteiger partial charge in [0.15, 0.2) is 0 Å². The van der Waals surface area contributed by atoms with Gasteiger partial charge in [0, 0.05) is 29.4 Å². The molecule has 10 heteroatoms. The molecule has 0 saturated heterocycles. The van der Waals surface area contributed by atoms with Gasteiger partial charge in [-0.2, -0.15) is 10.5 Å². The molecule has 0 radical (unpaired) electrons. The molecule has 4 aromatic rings. The topological polar surface area (TPSA) is 115 Å². The van der Waals surface area contributed by atoms with Crippen LogP contribution < -0.4 is 10.6 Å². The maximum Gasteiger partial charge on any atom is 0.110 e. The summed E-state index contributed by atoms with van der Waals surface area (Å²) in [5.74, 6) is 0. The van der Waals surface area contributed by atoms with E-state index >= 15 is 0 Å². The molecule has 1 saturated carbocycles. The Bertz CT molecular complexity index is 1600. The lowest BCUT2D eigenvalue weighted by molar-refractivity contribution is 0.443. The average molecular weight is 545 g/mol. The predicted molar refractivity (Wildman–Crippen MR) is 149 cm³/mol. The summed E-state index contributed by atoms with van der Waals surface area (Å²) in [5.41, 5.74) is 4.11. The maximum absolute atomic E-state index is 9.78. The molecule has 8 nitrogen and oxygen atoms in total. The smallest absolute Gasteiger partial charge is 0.110 e. The van der Waals surface area contributed by atoms with Crippen molar-refractivity contribution in [3.63, 3.8) is 0 Å². The molecule has 0 amide bonds. The number of hydrogen-bond acceptors (Lipinski definition) is 7. The molecule has 1 fully saturated rings. The Morgan fingerprint density at radius 3 is 2.58 bits per heavy atom. The SMILES string of the molecule is CC(C)(C)CNc1c(C#N)cnc2c(Cl)cc(NC(c3cn(C4CC4)nn3)c3cccc(C#N)c3Cl)cc12. The first kappa shape index (κ1) is 25.8. The highest BCUT2D eigenvalue weighted by atomic mass is 35.5. The molecule has 2 aromatic carbocycles. The van der Waals surface area contributed by atoms with E-state index in [-0.39, 0.29) is 5.41 Å². The zero-order chi connectivity index (χ0) is 27.0. The van der Waals surface area contributed by atoms with E-state index in [1.54, 1.807) is 24.4 Å². The number of rotatable bonds is 7. The van der Waals surface area contributed by atoms with Crippen molar-refractivity contribution >= 4 is 45.5 Å². The van der Waals surface area contributed by atoms with Crippen LogP contribution in [0.4, 0.5) is 11.4 Å². The monoisotopic (exact) mass is 544 g/mol. The highest BCUT2D eigenvalue weighted by Crippen LogP contribution is 2.39. The van der Waals surface area contributed by atoms with Crippen LogP contribution in [0.15, 0.2) is 42.7 Å². The van der Waals surface area contributed by atoms with Crippen LogP contribution in [-0.4, -0.2) is 26.5 Å². The molecule has 2 heterocycles. The van der Waals surface area contributed by atoms with E-state index < -0.39 is 6.04 Å². The Morgan fingerprint density at radius 1 is 1.13 bits per heavy atom. The molecule has 2 N–H and O–H groups in total. The third kappa shape index (κ3) is 5.24. The second kappa shape index (κ2) is 10.1. The second-order valence-corrected chi connectivity index (χ2v) is 11.5. The molecule has 192 valence electrons. The third-order valence-corrected chi connectivity index (χ3v) is 7.07. The largest absolute Gasteiger partial charge is 0.383 e. The number of aromatic nitrogens is 4. The molecule has 0 aliphatic heterocycles. The molecule has 1 unspecified atom stereocenters. The van der Waals surface area contributed by atoms with Crippen molar-refractivity contribution < 1.29 is 0 Å². The summed E-state index contributed by atoms with van der Waals surface area (Å²) in [6.45, 7) is 7.01. The average Bonchev–Trinajstić information content (AvgIpc) is 3.62. The van der Waals surface area contributed by atoms with Crippen molar-refractivity contribution in [2.24, 2.45) is 5.41 Å². The van der Waals surface area contributed by atoms with Crippen molar-refractivity contribution in [1.82, 2.24) is 20.0 Å². The molecule has 1 atom stereocenters. The lowest BCUT2D eigenvalue weighted by Crippen LogP contribution is -2.20. The van der Waals surface area contributed by atoms with Gasteiger partial charge < -0.3 is 10.6 Å². The summed E-state index contributed by atoms with van der Waals surface area (Å²) in [6.07, 6.45) is 5.60. The lowest BCUT2D eigenvalue weighted by Gasteiger charge is -2.23. The number of pyridine rings is 1. The predicted octanol–water partition coefficient (Wildman–Crippen LogP) is 6.87. The van der Waals surface area contributed by atoms with Gasteiger partial charge in [-0.1, -0.05) is 61.3 Å². The van der Waals surface area contributed by atoms with Crippen LogP contribution in [-0.2, 0) is 0 Å². The summed E-state index contributed by atoms with van der Waals surface area (Å²) in [5, 5.41) is 36.6. The quantitative estimate of drug-likeness (QED) is 0.260. The number of halogens is 2. The summed E-state index contributed by atoms with van der Waals surface area (Å²) >= 11 is 13.4. The Morgan fingerprint density at radius 2 is 1.89 bits per heavy atom. The fourth-order valence-electron chi connectivity index (χ4n) is 4.25. The van der Waals surface area contributed by atoms with E-state index in [1.165, 1.54) is 0 Å². The first-order valence-electron chi connectivity index (χ1n) is 12.3. The zero-order valence-electron chi connectivity index (χ0n) is 21.3. The highest BCUT2D eigenvalue weighted by molar-refractivity contribution is 6.36. The highest BCUT2D eigenvalue weighted by Gasteiger charge is 2.28. The molecule has 1 aliphatic rings. The van der Waals surface area contributed by atoms with Crippen LogP contribution in [0.2, 0.25) is 10.0 Å². The van der Waals surface area contributed by atoms with Crippen LogP contribution in [0.5, 0.6) is 0 Å². The summed E-state index contributed by atoms with van der Waals surface area (Å²) < 4.78 is 1.87. The number of nitriles is 2. The summed E-state index contributed by atoms with van der Waals surface area (Å²) in [7, 11) is 0. The Hall–Kier alpha value is -3.85. The zero-order valence-corrected chi connectivity index (χ0v) is 22.8. The fraction of sp³-hybridized carbons (Fsp3) is 0.321. The van der Waals surface area contributed by atoms with Gasteiger partial charge in [0.2, 0.25) is 0 Å². The Labute approximate surface area is 231 Å². The Kier molecular flexibility index (Phi) is 6.88. The van der Waals surface area contributed by atoms with Gasteiger partial charge in [-0.15, -0.1) is 5.10 Å². The van der Waals surface area contributed by atoms with Crippen molar-refractivity contribution in [2.75, 3.05) is 17.2 Å². The van der Waals surface area contributed by atoms with Gasteiger partial charge in [-0.3, -0.25) is 4.98 Å². The minimum atomic E-state index is -0.505. The van der Waals surface area contributed by atoms with Gasteiger partial charge in [0.25, 0.3) is 0 Å².